The number of phenolic OH excluding ortho intramolecular Hbond substituents is 2. The molecule has 0 aliphatic heterocycles. The standard InChI is InChI=1S/C16H17N5O6/c1-3-19(4-2)10-5-6-12(15(22)9-10)17-18-13-7-11(20(24)25)8-14(16(13)23)21(26)27/h5-9,22-23H,3-4H2,1-2H3. The monoisotopic (exact) mass is 375 g/mol. The van der Waals surface area contributed by atoms with E-state index in [-0.39, 0.29) is 11.4 Å². The molecule has 0 atom stereocenters. The van der Waals surface area contributed by atoms with Crippen molar-refractivity contribution in [2.75, 3.05) is 18.0 Å². The molecule has 0 aromatic heterocycles. The van der Waals surface area contributed by atoms with Crippen molar-refractivity contribution < 1.29 is 20.1 Å². The summed E-state index contributed by atoms with van der Waals surface area (Å²) < 4.78 is 0. The molecule has 27 heavy (non-hydrogen) atoms. The van der Waals surface area contributed by atoms with Gasteiger partial charge < -0.3 is 15.1 Å². The van der Waals surface area contributed by atoms with Gasteiger partial charge in [0.25, 0.3) is 5.69 Å². The van der Waals surface area contributed by atoms with E-state index < -0.39 is 32.7 Å². The Morgan fingerprint density at radius 1 is 0.963 bits per heavy atom. The highest BCUT2D eigenvalue weighted by Crippen LogP contribution is 2.41. The molecule has 2 rings (SSSR count). The third kappa shape index (κ3) is 4.26. The number of non-ortho nitro benzene ring substituents is 1. The molecule has 11 heteroatoms. The Morgan fingerprint density at radius 2 is 1.59 bits per heavy atom. The van der Waals surface area contributed by atoms with E-state index in [0.717, 1.165) is 24.8 Å². The molecular formula is C16H17N5O6. The van der Waals surface area contributed by atoms with Gasteiger partial charge in [0.2, 0.25) is 5.75 Å². The van der Waals surface area contributed by atoms with E-state index >= 15 is 0 Å². The number of nitro groups is 2. The van der Waals surface area contributed by atoms with Gasteiger partial charge in [0.15, 0.2) is 0 Å². The second-order valence-corrected chi connectivity index (χ2v) is 5.39. The Kier molecular flexibility index (Phi) is 5.85. The molecule has 0 bridgehead atoms. The molecule has 0 saturated heterocycles. The van der Waals surface area contributed by atoms with E-state index in [1.54, 1.807) is 6.07 Å². The number of phenols is 2. The van der Waals surface area contributed by atoms with Gasteiger partial charge >= 0.3 is 5.69 Å². The van der Waals surface area contributed by atoms with Crippen LogP contribution in [-0.4, -0.2) is 33.1 Å². The van der Waals surface area contributed by atoms with Crippen LogP contribution in [0.25, 0.3) is 0 Å². The summed E-state index contributed by atoms with van der Waals surface area (Å²) in [5.41, 5.74) is -1.12. The number of aromatic hydroxyl groups is 2. The number of nitrogens with zero attached hydrogens (tertiary/aromatic N) is 5. The zero-order chi connectivity index (χ0) is 20.1. The lowest BCUT2D eigenvalue weighted by Crippen LogP contribution is -2.21. The second-order valence-electron chi connectivity index (χ2n) is 5.39. The first-order chi connectivity index (χ1) is 12.8. The highest BCUT2D eigenvalue weighted by molar-refractivity contribution is 5.68. The summed E-state index contributed by atoms with van der Waals surface area (Å²) in [7, 11) is 0. The molecule has 11 nitrogen and oxygen atoms in total. The van der Waals surface area contributed by atoms with Crippen molar-refractivity contribution in [1.82, 2.24) is 0 Å². The first-order valence-electron chi connectivity index (χ1n) is 7.93. The molecule has 0 spiro atoms. The molecule has 0 radical (unpaired) electrons. The number of hydrogen-bond acceptors (Lipinski definition) is 9. The number of nitro benzene ring substituents is 2. The summed E-state index contributed by atoms with van der Waals surface area (Å²) in [6, 6.07) is 6.15. The number of benzene rings is 2. The van der Waals surface area contributed by atoms with Gasteiger partial charge in [-0.15, -0.1) is 10.2 Å². The first kappa shape index (κ1) is 19.6. The minimum absolute atomic E-state index is 0.0412. The van der Waals surface area contributed by atoms with Crippen LogP contribution in [0.4, 0.5) is 28.4 Å². The molecule has 0 saturated carbocycles. The molecule has 0 unspecified atom stereocenters. The molecule has 2 aromatic rings. The van der Waals surface area contributed by atoms with E-state index in [0.29, 0.717) is 6.07 Å². The van der Waals surface area contributed by atoms with Crippen molar-refractivity contribution >= 4 is 28.4 Å². The molecule has 0 aliphatic carbocycles. The summed E-state index contributed by atoms with van der Waals surface area (Å²) in [5, 5.41) is 49.2. The van der Waals surface area contributed by atoms with Crippen LogP contribution in [0.3, 0.4) is 0 Å². The smallest absolute Gasteiger partial charge is 0.319 e. The predicted molar refractivity (Wildman–Crippen MR) is 97.3 cm³/mol. The van der Waals surface area contributed by atoms with Gasteiger partial charge in [-0.2, -0.15) is 0 Å². The third-order valence-corrected chi connectivity index (χ3v) is 3.82. The summed E-state index contributed by atoms with van der Waals surface area (Å²) in [6.07, 6.45) is 0. The molecule has 0 heterocycles. The fraction of sp³-hybridized carbons (Fsp3) is 0.250. The zero-order valence-corrected chi connectivity index (χ0v) is 14.6. The normalized spacial score (nSPS) is 10.9. The summed E-state index contributed by atoms with van der Waals surface area (Å²) in [6.45, 7) is 5.41. The van der Waals surface area contributed by atoms with Crippen molar-refractivity contribution in [1.29, 1.82) is 0 Å². The van der Waals surface area contributed by atoms with Gasteiger partial charge in [-0.05, 0) is 26.0 Å². The molecule has 2 aromatic carbocycles. The second kappa shape index (κ2) is 8.08. The molecule has 2 N–H and O–H groups in total. The van der Waals surface area contributed by atoms with Gasteiger partial charge in [-0.1, -0.05) is 0 Å². The number of hydrogen-bond donors (Lipinski definition) is 2. The van der Waals surface area contributed by atoms with Crippen LogP contribution < -0.4 is 4.90 Å². The highest BCUT2D eigenvalue weighted by Gasteiger charge is 2.24. The Bertz CT molecular complexity index is 910. The zero-order valence-electron chi connectivity index (χ0n) is 14.6. The van der Waals surface area contributed by atoms with Crippen LogP contribution >= 0.6 is 0 Å². The van der Waals surface area contributed by atoms with E-state index in [1.165, 1.54) is 12.1 Å². The topological polar surface area (TPSA) is 155 Å². The molecule has 142 valence electrons. The maximum atomic E-state index is 10.9. The van der Waals surface area contributed by atoms with Crippen LogP contribution in [0.5, 0.6) is 11.5 Å². The minimum atomic E-state index is -0.961. The van der Waals surface area contributed by atoms with Gasteiger partial charge in [0.05, 0.1) is 15.9 Å². The lowest BCUT2D eigenvalue weighted by molar-refractivity contribution is -0.394. The molecular weight excluding hydrogens is 358 g/mol. The van der Waals surface area contributed by atoms with Gasteiger partial charge in [-0.25, -0.2) is 0 Å². The van der Waals surface area contributed by atoms with Crippen molar-refractivity contribution in [2.45, 2.75) is 13.8 Å². The van der Waals surface area contributed by atoms with Crippen molar-refractivity contribution in [3.05, 3.63) is 50.6 Å². The average Bonchev–Trinajstić information content (AvgIpc) is 2.62. The van der Waals surface area contributed by atoms with Crippen LogP contribution in [0.15, 0.2) is 40.6 Å². The highest BCUT2D eigenvalue weighted by atomic mass is 16.6. The quantitative estimate of drug-likeness (QED) is 0.418. The van der Waals surface area contributed by atoms with E-state index in [1.807, 2.05) is 18.7 Å². The Hall–Kier alpha value is -3.76. The fourth-order valence-electron chi connectivity index (χ4n) is 2.40. The van der Waals surface area contributed by atoms with E-state index in [4.69, 9.17) is 0 Å². The predicted octanol–water partition coefficient (Wildman–Crippen LogP) is 4.18. The maximum absolute atomic E-state index is 10.9. The minimum Gasteiger partial charge on any atom is -0.506 e. The van der Waals surface area contributed by atoms with E-state index in [2.05, 4.69) is 10.2 Å². The Labute approximate surface area is 153 Å². The number of rotatable bonds is 7. The Morgan fingerprint density at radius 3 is 2.11 bits per heavy atom. The summed E-state index contributed by atoms with van der Waals surface area (Å²) in [5.74, 6) is -1.05. The largest absolute Gasteiger partial charge is 0.506 e. The fourth-order valence-corrected chi connectivity index (χ4v) is 2.40. The summed E-state index contributed by atoms with van der Waals surface area (Å²) in [4.78, 5) is 22.0. The van der Waals surface area contributed by atoms with Crippen molar-refractivity contribution in [2.24, 2.45) is 10.2 Å². The summed E-state index contributed by atoms with van der Waals surface area (Å²) >= 11 is 0. The first-order valence-corrected chi connectivity index (χ1v) is 7.93. The molecule has 0 amide bonds. The molecule has 0 aliphatic rings. The maximum Gasteiger partial charge on any atom is 0.319 e. The van der Waals surface area contributed by atoms with Crippen molar-refractivity contribution in [3.63, 3.8) is 0 Å². The van der Waals surface area contributed by atoms with Crippen LogP contribution in [0.2, 0.25) is 0 Å². The SMILES string of the molecule is CCN(CC)c1ccc(N=Nc2cc([N+](=O)[O-])cc([N+](=O)[O-])c2O)c(O)c1. The third-order valence-electron chi connectivity index (χ3n) is 3.82. The van der Waals surface area contributed by atoms with Crippen LogP contribution in [0, 0.1) is 20.2 Å². The van der Waals surface area contributed by atoms with Gasteiger partial charge in [-0.3, -0.25) is 20.2 Å². The van der Waals surface area contributed by atoms with Gasteiger partial charge in [0, 0.05) is 30.9 Å². The van der Waals surface area contributed by atoms with Crippen LogP contribution in [-0.2, 0) is 0 Å². The van der Waals surface area contributed by atoms with Crippen molar-refractivity contribution in [3.8, 4) is 11.5 Å². The van der Waals surface area contributed by atoms with E-state index in [9.17, 15) is 30.4 Å². The lowest BCUT2D eigenvalue weighted by Gasteiger charge is -2.21. The number of anilines is 1. The lowest BCUT2D eigenvalue weighted by atomic mass is 10.2. The Balaban J connectivity index is 2.43. The number of azo groups is 1. The average molecular weight is 375 g/mol. The van der Waals surface area contributed by atoms with Crippen LogP contribution in [0.1, 0.15) is 13.8 Å². The molecule has 0 fully saturated rings. The van der Waals surface area contributed by atoms with Gasteiger partial charge in [0.1, 0.15) is 17.1 Å².